The topological polar surface area (TPSA) is 341 Å². The molecule has 10 N–H and O–H groups in total. The SMILES string of the molecule is CC(=O)N[C@@H]1[C@@H](OP(=O)(O)OP(=O)(O)OC[C@H]2O[C@@H](n3ccc(=O)[nH]c3=O)[C@H](O)[C@@H]2O)O[C@H](C(=O)O)[C@@H](O)[C@@H]1N=C(C)N. The summed E-state index contributed by atoms with van der Waals surface area (Å²) in [4.78, 5) is 72.6. The van der Waals surface area contributed by atoms with Gasteiger partial charge in [-0.15, -0.1) is 0 Å². The van der Waals surface area contributed by atoms with Crippen LogP contribution in [0.3, 0.4) is 0 Å². The van der Waals surface area contributed by atoms with Gasteiger partial charge in [-0.05, 0) is 6.92 Å². The van der Waals surface area contributed by atoms with Gasteiger partial charge in [0, 0.05) is 19.2 Å². The maximum Gasteiger partial charge on any atom is 0.483 e. The number of aliphatic imine (C=N–C) groups is 1. The monoisotopic (exact) mass is 661 g/mol. The van der Waals surface area contributed by atoms with Crippen LogP contribution >= 0.6 is 15.6 Å². The van der Waals surface area contributed by atoms with Gasteiger partial charge in [-0.3, -0.25) is 33.2 Å². The molecule has 0 saturated carbocycles. The highest BCUT2D eigenvalue weighted by Gasteiger charge is 2.52. The summed E-state index contributed by atoms with van der Waals surface area (Å²) in [5.41, 5.74) is 3.74. The minimum Gasteiger partial charge on any atom is -0.479 e. The number of aliphatic hydroxyl groups excluding tert-OH is 3. The van der Waals surface area contributed by atoms with E-state index in [9.17, 15) is 58.5 Å². The predicted molar refractivity (Wildman–Crippen MR) is 136 cm³/mol. The molecule has 242 valence electrons. The first-order valence-electron chi connectivity index (χ1n) is 12.0. The number of aliphatic carboxylic acids is 1. The number of nitrogens with one attached hydrogen (secondary N) is 2. The molecule has 11 atom stereocenters. The van der Waals surface area contributed by atoms with Crippen LogP contribution in [-0.4, -0.2) is 113 Å². The van der Waals surface area contributed by atoms with Gasteiger partial charge in [-0.1, -0.05) is 0 Å². The summed E-state index contributed by atoms with van der Waals surface area (Å²) < 4.78 is 49.7. The maximum absolute atomic E-state index is 12.7. The second kappa shape index (κ2) is 13.4. The first kappa shape index (κ1) is 34.6. The molecule has 3 heterocycles. The number of carbonyl (C=O) groups is 2. The van der Waals surface area contributed by atoms with Crippen LogP contribution in [0.1, 0.15) is 20.1 Å². The van der Waals surface area contributed by atoms with E-state index >= 15 is 0 Å². The highest BCUT2D eigenvalue weighted by molar-refractivity contribution is 7.61. The Kier molecular flexibility index (Phi) is 10.8. The van der Waals surface area contributed by atoms with Crippen molar-refractivity contribution in [2.45, 2.75) is 69.0 Å². The fraction of sp³-hybridized carbons (Fsp3) is 0.632. The number of hydrogen-bond acceptors (Lipinski definition) is 15. The molecule has 0 spiro atoms. The van der Waals surface area contributed by atoms with Crippen molar-refractivity contribution in [3.05, 3.63) is 33.1 Å². The second-order valence-corrected chi connectivity index (χ2v) is 12.2. The Hall–Kier alpha value is -2.85. The van der Waals surface area contributed by atoms with E-state index in [-0.39, 0.29) is 5.84 Å². The molecule has 2 unspecified atom stereocenters. The van der Waals surface area contributed by atoms with Gasteiger partial charge >= 0.3 is 27.3 Å². The Morgan fingerprint density at radius 2 is 1.77 bits per heavy atom. The number of amidine groups is 1. The molecule has 2 saturated heterocycles. The molecule has 0 bridgehead atoms. The highest BCUT2D eigenvalue weighted by atomic mass is 31.3. The fourth-order valence-electron chi connectivity index (χ4n) is 4.13. The van der Waals surface area contributed by atoms with E-state index in [1.165, 1.54) is 6.92 Å². The Bertz CT molecular complexity index is 1440. The Labute approximate surface area is 239 Å². The number of aromatic nitrogens is 2. The summed E-state index contributed by atoms with van der Waals surface area (Å²) >= 11 is 0. The van der Waals surface area contributed by atoms with Gasteiger partial charge in [0.1, 0.15) is 36.5 Å². The van der Waals surface area contributed by atoms with Crippen molar-refractivity contribution in [3.63, 3.8) is 0 Å². The van der Waals surface area contributed by atoms with Crippen molar-refractivity contribution >= 4 is 33.4 Å². The molecule has 0 radical (unpaired) electrons. The van der Waals surface area contributed by atoms with Gasteiger partial charge in [0.25, 0.3) is 5.56 Å². The fourth-order valence-corrected chi connectivity index (χ4v) is 6.30. The first-order valence-corrected chi connectivity index (χ1v) is 15.0. The van der Waals surface area contributed by atoms with E-state index in [1.807, 2.05) is 4.98 Å². The summed E-state index contributed by atoms with van der Waals surface area (Å²) in [6, 6.07) is -2.37. The van der Waals surface area contributed by atoms with Crippen LogP contribution in [0.4, 0.5) is 0 Å². The number of phosphoric acid groups is 2. The first-order chi connectivity index (χ1) is 19.8. The van der Waals surface area contributed by atoms with Crippen molar-refractivity contribution in [1.82, 2.24) is 14.9 Å². The zero-order valence-corrected chi connectivity index (χ0v) is 23.9. The number of aromatic amines is 1. The third kappa shape index (κ3) is 8.62. The molecule has 1 amide bonds. The number of nitrogens with two attached hydrogens (primary N) is 1. The Morgan fingerprint density at radius 3 is 2.33 bits per heavy atom. The summed E-state index contributed by atoms with van der Waals surface area (Å²) in [6.07, 6.45) is -12.2. The van der Waals surface area contributed by atoms with Gasteiger partial charge in [-0.2, -0.15) is 4.31 Å². The summed E-state index contributed by atoms with van der Waals surface area (Å²) in [5.74, 6) is -2.79. The van der Waals surface area contributed by atoms with Crippen LogP contribution < -0.4 is 22.3 Å². The van der Waals surface area contributed by atoms with Crippen LogP contribution in [0, 0.1) is 0 Å². The van der Waals surface area contributed by atoms with E-state index in [4.69, 9.17) is 19.7 Å². The van der Waals surface area contributed by atoms with Crippen molar-refractivity contribution in [2.24, 2.45) is 10.7 Å². The maximum atomic E-state index is 12.7. The van der Waals surface area contributed by atoms with E-state index < -0.39 is 100 Å². The van der Waals surface area contributed by atoms with E-state index in [0.29, 0.717) is 4.57 Å². The van der Waals surface area contributed by atoms with Gasteiger partial charge < -0.3 is 50.7 Å². The third-order valence-corrected chi connectivity index (χ3v) is 8.48. The lowest BCUT2D eigenvalue weighted by Crippen LogP contribution is -2.64. The normalized spacial score (nSPS) is 34.2. The molecule has 1 aromatic heterocycles. The number of H-pyrrole nitrogens is 1. The number of rotatable bonds is 11. The third-order valence-electron chi connectivity index (χ3n) is 5.88. The van der Waals surface area contributed by atoms with E-state index in [1.54, 1.807) is 0 Å². The smallest absolute Gasteiger partial charge is 0.479 e. The van der Waals surface area contributed by atoms with Crippen LogP contribution in [0.25, 0.3) is 0 Å². The molecular weight excluding hydrogens is 632 g/mol. The molecule has 1 aromatic rings. The van der Waals surface area contributed by atoms with Crippen LogP contribution in [0.5, 0.6) is 0 Å². The lowest BCUT2D eigenvalue weighted by Gasteiger charge is -2.41. The van der Waals surface area contributed by atoms with Crippen molar-refractivity contribution in [3.8, 4) is 0 Å². The van der Waals surface area contributed by atoms with Crippen molar-refractivity contribution < 1.29 is 71.8 Å². The lowest BCUT2D eigenvalue weighted by atomic mass is 9.94. The van der Waals surface area contributed by atoms with Gasteiger partial charge in [-0.25, -0.2) is 18.7 Å². The number of aliphatic hydroxyl groups is 3. The summed E-state index contributed by atoms with van der Waals surface area (Å²) in [5, 5.41) is 42.5. The van der Waals surface area contributed by atoms with Gasteiger partial charge in [0.05, 0.1) is 12.4 Å². The standard InChI is InChI=1S/C19H29N5O17P2/c1-6(20)21-10-11(22-7(2)25)18(39-15(13(10)28)17(30)31)40-43(35,36)41-42(33,34)37-5-8-12(27)14(29)16(38-8)24-4-3-9(26)23-19(24)32/h3-4,8,10-16,18,27-29H,5H2,1-2H3,(H2,20,21)(H,22,25)(H,30,31)(H,33,34)(H,35,36)(H,23,26,32)/t8-,10-,11+,12-,13+,14-,15+,16-,18-/m1/s1. The van der Waals surface area contributed by atoms with E-state index in [0.717, 1.165) is 19.2 Å². The van der Waals surface area contributed by atoms with Gasteiger partial charge in [0.15, 0.2) is 18.6 Å². The summed E-state index contributed by atoms with van der Waals surface area (Å²) in [7, 11) is -11.4. The number of nitrogens with zero attached hydrogens (tertiary/aromatic N) is 2. The number of carboxylic acid groups (broad SMARTS) is 1. The minimum atomic E-state index is -5.76. The molecule has 24 heteroatoms. The summed E-state index contributed by atoms with van der Waals surface area (Å²) in [6.45, 7) is 1.17. The van der Waals surface area contributed by atoms with Crippen molar-refractivity contribution in [1.29, 1.82) is 0 Å². The second-order valence-electron chi connectivity index (χ2n) is 9.22. The molecule has 2 aliphatic heterocycles. The zero-order valence-electron chi connectivity index (χ0n) is 22.1. The number of phosphoric ester groups is 2. The van der Waals surface area contributed by atoms with E-state index in [2.05, 4.69) is 19.1 Å². The zero-order chi connectivity index (χ0) is 32.4. The van der Waals surface area contributed by atoms with Crippen LogP contribution in [0.15, 0.2) is 26.8 Å². The van der Waals surface area contributed by atoms with Crippen molar-refractivity contribution in [2.75, 3.05) is 6.61 Å². The number of ether oxygens (including phenoxy) is 2. The Morgan fingerprint density at radius 1 is 1.12 bits per heavy atom. The molecule has 22 nitrogen and oxygen atoms in total. The molecule has 2 fully saturated rings. The predicted octanol–water partition coefficient (Wildman–Crippen LogP) is -4.17. The number of hydrogen-bond donors (Lipinski definition) is 9. The Balaban J connectivity index is 1.74. The van der Waals surface area contributed by atoms with Crippen LogP contribution in [0.2, 0.25) is 0 Å². The molecule has 43 heavy (non-hydrogen) atoms. The molecule has 2 aliphatic rings. The molecule has 0 aliphatic carbocycles. The molecule has 0 aromatic carbocycles. The largest absolute Gasteiger partial charge is 0.483 e. The van der Waals surface area contributed by atoms with Gasteiger partial charge in [0.2, 0.25) is 5.91 Å². The highest BCUT2D eigenvalue weighted by Crippen LogP contribution is 2.61. The average Bonchev–Trinajstić information content (AvgIpc) is 3.13. The quantitative estimate of drug-likeness (QED) is 0.0617. The molecule has 3 rings (SSSR count). The lowest BCUT2D eigenvalue weighted by molar-refractivity contribution is -0.220. The van der Waals surface area contributed by atoms with Crippen LogP contribution in [-0.2, 0) is 41.6 Å². The number of carboxylic acids is 1. The number of amides is 1. The molecular formula is C19H29N5O17P2. The average molecular weight is 661 g/mol. The number of carbonyl (C=O) groups excluding carboxylic acids is 1. The minimum absolute atomic E-state index is 0.199.